The van der Waals surface area contributed by atoms with Crippen LogP contribution in [0.15, 0.2) is 24.3 Å². The van der Waals surface area contributed by atoms with E-state index in [1.807, 2.05) is 0 Å². The Morgan fingerprint density at radius 3 is 2.36 bits per heavy atom. The first kappa shape index (κ1) is 8.50. The molecule has 0 aliphatic heterocycles. The van der Waals surface area contributed by atoms with Crippen LogP contribution in [0.4, 0.5) is 17.1 Å². The molecule has 0 aliphatic rings. The summed E-state index contributed by atoms with van der Waals surface area (Å²) >= 11 is 0. The van der Waals surface area contributed by atoms with Crippen molar-refractivity contribution in [2.24, 2.45) is 0 Å². The van der Waals surface area contributed by atoms with Crippen molar-refractivity contribution in [1.82, 2.24) is 0 Å². The third kappa shape index (κ3) is 1.01. The minimum absolute atomic E-state index is 0.132. The van der Waals surface area contributed by atoms with Gasteiger partial charge in [-0.15, -0.1) is 0 Å². The van der Waals surface area contributed by atoms with E-state index < -0.39 is 0 Å². The predicted octanol–water partition coefficient (Wildman–Crippen LogP) is 1.73. The Labute approximate surface area is 80.9 Å². The van der Waals surface area contributed by atoms with Crippen LogP contribution in [-0.2, 0) is 5.11 Å². The molecule has 0 spiro atoms. The molecule has 0 unspecified atom stereocenters. The Kier molecular flexibility index (Phi) is 1.64. The molecular formula is C10H10N3O. The highest BCUT2D eigenvalue weighted by Gasteiger charge is 2.11. The number of nitrogen functional groups attached to an aromatic ring is 3. The average Bonchev–Trinajstić information content (AvgIpc) is 2.14. The normalized spacial score (nSPS) is 10.6. The summed E-state index contributed by atoms with van der Waals surface area (Å²) in [6.07, 6.45) is 0. The minimum atomic E-state index is -0.257. The van der Waals surface area contributed by atoms with Gasteiger partial charge in [0.25, 0.3) is 0 Å². The van der Waals surface area contributed by atoms with Crippen LogP contribution >= 0.6 is 0 Å². The fourth-order valence-electron chi connectivity index (χ4n) is 1.52. The van der Waals surface area contributed by atoms with Crippen molar-refractivity contribution in [3.63, 3.8) is 0 Å². The molecule has 0 aromatic heterocycles. The quantitative estimate of drug-likeness (QED) is 0.549. The number of hydrogen-bond donors (Lipinski definition) is 3. The first-order valence-electron chi connectivity index (χ1n) is 4.14. The van der Waals surface area contributed by atoms with Crippen molar-refractivity contribution in [3.05, 3.63) is 24.3 Å². The van der Waals surface area contributed by atoms with Gasteiger partial charge in [-0.1, -0.05) is 12.1 Å². The standard InChI is InChI=1S/C10H10N3O/c11-6-3-1-2-5-7(12)4-8(13)10(14)9(5)6/h1-4H,11-13H2. The van der Waals surface area contributed by atoms with Gasteiger partial charge in [0, 0.05) is 16.8 Å². The van der Waals surface area contributed by atoms with Gasteiger partial charge in [-0.2, -0.15) is 0 Å². The Morgan fingerprint density at radius 1 is 0.929 bits per heavy atom. The summed E-state index contributed by atoms with van der Waals surface area (Å²) < 4.78 is 0. The van der Waals surface area contributed by atoms with Crippen LogP contribution in [-0.4, -0.2) is 0 Å². The Hall–Kier alpha value is -2.10. The van der Waals surface area contributed by atoms with Crippen LogP contribution in [0.1, 0.15) is 0 Å². The molecule has 71 valence electrons. The smallest absolute Gasteiger partial charge is 0.211 e. The van der Waals surface area contributed by atoms with Crippen molar-refractivity contribution in [2.45, 2.75) is 0 Å². The molecule has 4 nitrogen and oxygen atoms in total. The van der Waals surface area contributed by atoms with Crippen molar-refractivity contribution in [2.75, 3.05) is 17.2 Å². The molecule has 0 bridgehead atoms. The molecule has 6 N–H and O–H groups in total. The molecule has 0 aliphatic carbocycles. The zero-order chi connectivity index (χ0) is 10.3. The molecule has 1 radical (unpaired) electrons. The van der Waals surface area contributed by atoms with Gasteiger partial charge in [-0.3, -0.25) is 5.11 Å². The van der Waals surface area contributed by atoms with Crippen molar-refractivity contribution in [1.29, 1.82) is 0 Å². The van der Waals surface area contributed by atoms with E-state index in [1.54, 1.807) is 18.2 Å². The van der Waals surface area contributed by atoms with Gasteiger partial charge in [0.2, 0.25) is 5.75 Å². The zero-order valence-corrected chi connectivity index (χ0v) is 7.45. The van der Waals surface area contributed by atoms with Gasteiger partial charge < -0.3 is 17.2 Å². The van der Waals surface area contributed by atoms with Gasteiger partial charge in [0.15, 0.2) is 0 Å². The predicted molar refractivity (Wildman–Crippen MR) is 57.3 cm³/mol. The summed E-state index contributed by atoms with van der Waals surface area (Å²) in [6.45, 7) is 0. The first-order valence-corrected chi connectivity index (χ1v) is 4.14. The summed E-state index contributed by atoms with van der Waals surface area (Å²) in [6, 6.07) is 6.62. The van der Waals surface area contributed by atoms with Crippen LogP contribution in [0, 0.1) is 0 Å². The fraction of sp³-hybridized carbons (Fsp3) is 0. The molecule has 2 aromatic carbocycles. The molecule has 2 aromatic rings. The van der Waals surface area contributed by atoms with Crippen molar-refractivity contribution < 1.29 is 5.11 Å². The molecule has 0 amide bonds. The number of fused-ring (bicyclic) bond motifs is 1. The van der Waals surface area contributed by atoms with Gasteiger partial charge in [0.1, 0.15) is 0 Å². The second-order valence-electron chi connectivity index (χ2n) is 3.15. The fourth-order valence-corrected chi connectivity index (χ4v) is 1.52. The number of rotatable bonds is 0. The molecule has 2 rings (SSSR count). The molecule has 0 saturated carbocycles. The SMILES string of the molecule is Nc1cc(N)c2cccc(N)c2c1[O]. The van der Waals surface area contributed by atoms with E-state index in [0.29, 0.717) is 22.1 Å². The lowest BCUT2D eigenvalue weighted by Crippen LogP contribution is -1.95. The lowest BCUT2D eigenvalue weighted by molar-refractivity contribution is 0.363. The van der Waals surface area contributed by atoms with Crippen molar-refractivity contribution >= 4 is 27.8 Å². The van der Waals surface area contributed by atoms with Crippen LogP contribution < -0.4 is 17.2 Å². The highest BCUT2D eigenvalue weighted by Crippen LogP contribution is 2.38. The monoisotopic (exact) mass is 188 g/mol. The molecule has 0 saturated heterocycles. The number of benzene rings is 2. The van der Waals surface area contributed by atoms with Gasteiger partial charge in [-0.25, -0.2) is 0 Å². The Bertz CT molecular complexity index is 508. The third-order valence-corrected chi connectivity index (χ3v) is 2.21. The molecule has 4 heteroatoms. The van der Waals surface area contributed by atoms with Crippen LogP contribution in [0.25, 0.3) is 10.8 Å². The van der Waals surface area contributed by atoms with E-state index in [9.17, 15) is 5.11 Å². The molecule has 14 heavy (non-hydrogen) atoms. The summed E-state index contributed by atoms with van der Waals surface area (Å²) in [5.41, 5.74) is 17.9. The minimum Gasteiger partial charge on any atom is -0.398 e. The molecule has 0 heterocycles. The molecular weight excluding hydrogens is 178 g/mol. The maximum atomic E-state index is 11.6. The van der Waals surface area contributed by atoms with E-state index in [4.69, 9.17) is 17.2 Å². The maximum Gasteiger partial charge on any atom is 0.211 e. The van der Waals surface area contributed by atoms with E-state index >= 15 is 0 Å². The number of nitrogens with two attached hydrogens (primary N) is 3. The lowest BCUT2D eigenvalue weighted by Gasteiger charge is -2.07. The largest absolute Gasteiger partial charge is 0.398 e. The van der Waals surface area contributed by atoms with E-state index in [-0.39, 0.29) is 11.4 Å². The second kappa shape index (κ2) is 2.70. The molecule has 0 fully saturated rings. The second-order valence-corrected chi connectivity index (χ2v) is 3.15. The summed E-state index contributed by atoms with van der Waals surface area (Å²) in [5, 5.41) is 12.7. The van der Waals surface area contributed by atoms with E-state index in [0.717, 1.165) is 0 Å². The van der Waals surface area contributed by atoms with Crippen molar-refractivity contribution in [3.8, 4) is 5.75 Å². The number of anilines is 3. The number of hydrogen-bond acceptors (Lipinski definition) is 3. The summed E-state index contributed by atoms with van der Waals surface area (Å²) in [4.78, 5) is 0. The maximum absolute atomic E-state index is 11.6. The van der Waals surface area contributed by atoms with E-state index in [1.165, 1.54) is 6.07 Å². The summed E-state index contributed by atoms with van der Waals surface area (Å²) in [7, 11) is 0. The third-order valence-electron chi connectivity index (χ3n) is 2.21. The zero-order valence-electron chi connectivity index (χ0n) is 7.45. The Morgan fingerprint density at radius 2 is 1.64 bits per heavy atom. The van der Waals surface area contributed by atoms with Gasteiger partial charge in [-0.05, 0) is 12.1 Å². The van der Waals surface area contributed by atoms with Crippen LogP contribution in [0.3, 0.4) is 0 Å². The summed E-state index contributed by atoms with van der Waals surface area (Å²) in [5.74, 6) is -0.257. The van der Waals surface area contributed by atoms with Gasteiger partial charge >= 0.3 is 0 Å². The highest BCUT2D eigenvalue weighted by molar-refractivity contribution is 6.06. The van der Waals surface area contributed by atoms with Crippen LogP contribution in [0.2, 0.25) is 0 Å². The molecule has 0 atom stereocenters. The van der Waals surface area contributed by atoms with E-state index in [2.05, 4.69) is 0 Å². The van der Waals surface area contributed by atoms with Gasteiger partial charge in [0.05, 0.1) is 11.1 Å². The lowest BCUT2D eigenvalue weighted by atomic mass is 10.1. The Balaban J connectivity index is 3.03. The van der Waals surface area contributed by atoms with Crippen LogP contribution in [0.5, 0.6) is 5.75 Å². The first-order chi connectivity index (χ1) is 6.61. The highest BCUT2D eigenvalue weighted by atomic mass is 16.3. The average molecular weight is 188 g/mol. The topological polar surface area (TPSA) is 98.0 Å².